The van der Waals surface area contributed by atoms with Crippen LogP contribution < -0.4 is 31.9 Å². The molecule has 0 aliphatic heterocycles. The van der Waals surface area contributed by atoms with Gasteiger partial charge in [-0.1, -0.05) is 0 Å². The largest absolute Gasteiger partial charge is 0.383 e. The Kier molecular flexibility index (Phi) is 27.5. The summed E-state index contributed by atoms with van der Waals surface area (Å²) in [5.74, 6) is -2.13. The topological polar surface area (TPSA) is 237 Å². The number of carbonyl (C=O) groups is 5. The highest BCUT2D eigenvalue weighted by atomic mass is 32.1. The maximum atomic E-state index is 12.2. The van der Waals surface area contributed by atoms with Crippen molar-refractivity contribution in [1.29, 1.82) is 0 Å². The first-order chi connectivity index (χ1) is 26.8. The van der Waals surface area contributed by atoms with Gasteiger partial charge in [0, 0.05) is 96.9 Å². The van der Waals surface area contributed by atoms with Gasteiger partial charge in [-0.05, 0) is 106 Å². The standard InChI is InChI=1S/C36H61N9O9S2/c1-28(46)43(51)24-9-3-6-20-37-31(47)16-18-33(49)44(52)25-10-4-7-21-38-32(48)17-19-34(50)45(53)26-11-5-8-22-39-35(55)41-29-12-14-30(15-13-29)42-36(56)40-23-27-54-2/h12-15,51-53H,3-11,16-27H2,1-2H3,(H,37,47)(H,38,48)(H2,39,41,55)(H2,40,42,56). The molecule has 0 saturated carbocycles. The maximum absolute atomic E-state index is 12.2. The second-order valence-corrected chi connectivity index (χ2v) is 13.7. The van der Waals surface area contributed by atoms with E-state index in [1.54, 1.807) is 7.11 Å². The third-order valence-corrected chi connectivity index (χ3v) is 8.63. The number of amides is 5. The molecule has 56 heavy (non-hydrogen) atoms. The molecule has 1 rings (SSSR count). The van der Waals surface area contributed by atoms with E-state index in [4.69, 9.17) is 29.2 Å². The molecule has 0 saturated heterocycles. The molecule has 1 aromatic carbocycles. The third-order valence-electron chi connectivity index (χ3n) is 8.13. The molecule has 20 heteroatoms. The van der Waals surface area contributed by atoms with E-state index in [2.05, 4.69) is 31.9 Å². The second-order valence-electron chi connectivity index (χ2n) is 12.9. The van der Waals surface area contributed by atoms with E-state index in [-0.39, 0.29) is 57.1 Å². The maximum Gasteiger partial charge on any atom is 0.246 e. The fourth-order valence-corrected chi connectivity index (χ4v) is 5.32. The SMILES string of the molecule is COCCNC(=S)Nc1ccc(NC(=S)NCCCCCN(O)C(=O)CCC(=O)NCCCCCN(O)C(=O)CCC(=O)NCCCCCN(O)C(C)=O)cc1. The minimum atomic E-state index is -0.560. The number of nitrogens with one attached hydrogen (secondary N) is 6. The summed E-state index contributed by atoms with van der Waals surface area (Å²) in [5, 5.41) is 50.0. The summed E-state index contributed by atoms with van der Waals surface area (Å²) < 4.78 is 4.99. The highest BCUT2D eigenvalue weighted by molar-refractivity contribution is 7.80. The molecule has 0 heterocycles. The summed E-state index contributed by atoms with van der Waals surface area (Å²) in [6.45, 7) is 4.31. The summed E-state index contributed by atoms with van der Waals surface area (Å²) >= 11 is 10.6. The number of nitrogens with zero attached hydrogens (tertiary/aromatic N) is 3. The first-order valence-electron chi connectivity index (χ1n) is 19.0. The van der Waals surface area contributed by atoms with Crippen molar-refractivity contribution >= 4 is 75.6 Å². The first kappa shape index (κ1) is 49.8. The summed E-state index contributed by atoms with van der Waals surface area (Å²) in [5.41, 5.74) is 1.65. The number of rotatable bonds is 29. The van der Waals surface area contributed by atoms with Gasteiger partial charge in [0.1, 0.15) is 0 Å². The Balaban J connectivity index is 2.04. The molecule has 5 amide bonds. The van der Waals surface area contributed by atoms with Crippen molar-refractivity contribution in [3.05, 3.63) is 24.3 Å². The Morgan fingerprint density at radius 2 is 0.929 bits per heavy atom. The molecule has 9 N–H and O–H groups in total. The van der Waals surface area contributed by atoms with Crippen LogP contribution >= 0.6 is 24.4 Å². The van der Waals surface area contributed by atoms with Crippen molar-refractivity contribution in [3.8, 4) is 0 Å². The van der Waals surface area contributed by atoms with Gasteiger partial charge in [0.25, 0.3) is 0 Å². The van der Waals surface area contributed by atoms with Crippen LogP contribution in [0.3, 0.4) is 0 Å². The lowest BCUT2D eigenvalue weighted by Crippen LogP contribution is -2.31. The number of carbonyl (C=O) groups excluding carboxylic acids is 5. The highest BCUT2D eigenvalue weighted by Crippen LogP contribution is 2.13. The number of benzene rings is 1. The van der Waals surface area contributed by atoms with E-state index in [9.17, 15) is 39.6 Å². The van der Waals surface area contributed by atoms with Crippen molar-refractivity contribution < 1.29 is 44.3 Å². The number of ether oxygens (including phenoxy) is 1. The zero-order chi connectivity index (χ0) is 41.6. The summed E-state index contributed by atoms with van der Waals surface area (Å²) in [7, 11) is 1.63. The lowest BCUT2D eigenvalue weighted by Gasteiger charge is -2.15. The fraction of sp³-hybridized carbons (Fsp3) is 0.639. The molecule has 0 unspecified atom stereocenters. The van der Waals surface area contributed by atoms with Gasteiger partial charge in [-0.25, -0.2) is 15.2 Å². The number of hydrogen-bond acceptors (Lipinski definition) is 11. The molecule has 0 aliphatic carbocycles. The molecule has 0 aliphatic rings. The number of anilines is 2. The minimum Gasteiger partial charge on any atom is -0.383 e. The average Bonchev–Trinajstić information content (AvgIpc) is 3.17. The molecule has 0 atom stereocenters. The fourth-order valence-electron chi connectivity index (χ4n) is 4.88. The van der Waals surface area contributed by atoms with E-state index in [1.807, 2.05) is 24.3 Å². The van der Waals surface area contributed by atoms with Crippen LogP contribution in [0.4, 0.5) is 11.4 Å². The van der Waals surface area contributed by atoms with Crippen LogP contribution in [-0.2, 0) is 28.7 Å². The normalized spacial score (nSPS) is 10.5. The average molecular weight is 828 g/mol. The quantitative estimate of drug-likeness (QED) is 0.0244. The van der Waals surface area contributed by atoms with Gasteiger partial charge < -0.3 is 36.6 Å². The number of unbranched alkanes of at least 4 members (excludes halogenated alkanes) is 6. The lowest BCUT2D eigenvalue weighted by atomic mass is 10.2. The van der Waals surface area contributed by atoms with Gasteiger partial charge in [-0.2, -0.15) is 0 Å². The minimum absolute atomic E-state index is 0.0540. The monoisotopic (exact) mass is 827 g/mol. The summed E-state index contributed by atoms with van der Waals surface area (Å²) in [4.78, 5) is 59.4. The second kappa shape index (κ2) is 30.9. The van der Waals surface area contributed by atoms with Crippen LogP contribution in [0, 0.1) is 0 Å². The Morgan fingerprint density at radius 1 is 0.554 bits per heavy atom. The number of methoxy groups -OCH3 is 1. The summed E-state index contributed by atoms with van der Waals surface area (Å²) in [6, 6.07) is 7.51. The zero-order valence-electron chi connectivity index (χ0n) is 32.6. The summed E-state index contributed by atoms with van der Waals surface area (Å²) in [6.07, 6.45) is 5.43. The predicted octanol–water partition coefficient (Wildman–Crippen LogP) is 2.88. The van der Waals surface area contributed by atoms with Crippen molar-refractivity contribution in [2.24, 2.45) is 0 Å². The Hall–Kier alpha value is -4.21. The molecule has 18 nitrogen and oxygen atoms in total. The Morgan fingerprint density at radius 3 is 1.32 bits per heavy atom. The Bertz CT molecular complexity index is 1360. The number of thiocarbonyl (C=S) groups is 2. The van der Waals surface area contributed by atoms with Crippen molar-refractivity contribution in [3.63, 3.8) is 0 Å². The van der Waals surface area contributed by atoms with Crippen LogP contribution in [-0.4, -0.2) is 130 Å². The molecule has 316 valence electrons. The molecule has 0 bridgehead atoms. The van der Waals surface area contributed by atoms with Crippen LogP contribution in [0.1, 0.15) is 90.4 Å². The van der Waals surface area contributed by atoms with Crippen LogP contribution in [0.25, 0.3) is 0 Å². The third kappa shape index (κ3) is 25.8. The number of hydroxylamine groups is 6. The van der Waals surface area contributed by atoms with Gasteiger partial charge in [0.05, 0.1) is 6.61 Å². The van der Waals surface area contributed by atoms with Gasteiger partial charge in [-0.3, -0.25) is 39.6 Å². The Labute approximate surface area is 340 Å². The number of hydrogen-bond donors (Lipinski definition) is 9. The van der Waals surface area contributed by atoms with Gasteiger partial charge in [-0.15, -0.1) is 0 Å². The molecule has 0 spiro atoms. The van der Waals surface area contributed by atoms with Gasteiger partial charge in [0.2, 0.25) is 29.5 Å². The highest BCUT2D eigenvalue weighted by Gasteiger charge is 2.14. The first-order valence-corrected chi connectivity index (χ1v) is 19.8. The van der Waals surface area contributed by atoms with Gasteiger partial charge >= 0.3 is 0 Å². The molecule has 0 aromatic heterocycles. The van der Waals surface area contributed by atoms with Crippen LogP contribution in [0.2, 0.25) is 0 Å². The molecular weight excluding hydrogens is 767 g/mol. The van der Waals surface area contributed by atoms with Crippen molar-refractivity contribution in [2.45, 2.75) is 90.4 Å². The van der Waals surface area contributed by atoms with E-state index in [1.165, 1.54) is 6.92 Å². The van der Waals surface area contributed by atoms with E-state index >= 15 is 0 Å². The van der Waals surface area contributed by atoms with Gasteiger partial charge in [0.15, 0.2) is 10.2 Å². The molecule has 1 aromatic rings. The van der Waals surface area contributed by atoms with Crippen molar-refractivity contribution in [1.82, 2.24) is 36.5 Å². The smallest absolute Gasteiger partial charge is 0.246 e. The molecular formula is C36H61N9O9S2. The van der Waals surface area contributed by atoms with Crippen LogP contribution in [0.15, 0.2) is 24.3 Å². The van der Waals surface area contributed by atoms with Crippen LogP contribution in [0.5, 0.6) is 0 Å². The lowest BCUT2D eigenvalue weighted by molar-refractivity contribution is -0.166. The van der Waals surface area contributed by atoms with E-state index in [0.29, 0.717) is 103 Å². The van der Waals surface area contributed by atoms with Crippen molar-refractivity contribution in [2.75, 3.05) is 70.2 Å². The van der Waals surface area contributed by atoms with E-state index in [0.717, 1.165) is 24.2 Å². The predicted molar refractivity (Wildman–Crippen MR) is 219 cm³/mol. The zero-order valence-corrected chi connectivity index (χ0v) is 34.2. The van der Waals surface area contributed by atoms with E-state index < -0.39 is 17.7 Å². The molecule has 0 radical (unpaired) electrons. The molecule has 0 fully saturated rings.